The van der Waals surface area contributed by atoms with E-state index in [0.29, 0.717) is 6.10 Å². The summed E-state index contributed by atoms with van der Waals surface area (Å²) in [4.78, 5) is 0. The summed E-state index contributed by atoms with van der Waals surface area (Å²) < 4.78 is 5.91. The highest BCUT2D eigenvalue weighted by atomic mass is 16.5. The van der Waals surface area contributed by atoms with Crippen LogP contribution in [0.2, 0.25) is 0 Å². The highest BCUT2D eigenvalue weighted by Gasteiger charge is 2.24. The van der Waals surface area contributed by atoms with Gasteiger partial charge in [0.25, 0.3) is 0 Å². The topological polar surface area (TPSA) is 9.23 Å². The standard InChI is InChI=1S/C15H22O/c1-5-11-10-12(15(2,3)4)6-9-14(11)16-13-7-8-13/h6,9-10,13H,5,7-8H2,1-4H3. The summed E-state index contributed by atoms with van der Waals surface area (Å²) in [5.41, 5.74) is 2.97. The Labute approximate surface area is 98.8 Å². The van der Waals surface area contributed by atoms with E-state index in [9.17, 15) is 0 Å². The van der Waals surface area contributed by atoms with Gasteiger partial charge in [-0.25, -0.2) is 0 Å². The van der Waals surface area contributed by atoms with E-state index in [1.165, 1.54) is 24.0 Å². The van der Waals surface area contributed by atoms with Crippen molar-refractivity contribution >= 4 is 0 Å². The van der Waals surface area contributed by atoms with Crippen LogP contribution < -0.4 is 4.74 Å². The van der Waals surface area contributed by atoms with Gasteiger partial charge in [-0.05, 0) is 41.9 Å². The summed E-state index contributed by atoms with van der Waals surface area (Å²) in [5, 5.41) is 0. The molecule has 0 radical (unpaired) electrons. The maximum atomic E-state index is 5.91. The van der Waals surface area contributed by atoms with Crippen molar-refractivity contribution in [3.05, 3.63) is 29.3 Å². The fourth-order valence-electron chi connectivity index (χ4n) is 1.80. The highest BCUT2D eigenvalue weighted by Crippen LogP contribution is 2.32. The fourth-order valence-corrected chi connectivity index (χ4v) is 1.80. The number of hydrogen-bond acceptors (Lipinski definition) is 1. The van der Waals surface area contributed by atoms with Crippen LogP contribution in [0, 0.1) is 0 Å². The molecule has 0 aromatic heterocycles. The monoisotopic (exact) mass is 218 g/mol. The van der Waals surface area contributed by atoms with Crippen molar-refractivity contribution in [1.29, 1.82) is 0 Å². The van der Waals surface area contributed by atoms with Crippen molar-refractivity contribution in [3.8, 4) is 5.75 Å². The minimum atomic E-state index is 0.224. The van der Waals surface area contributed by atoms with Crippen molar-refractivity contribution in [2.24, 2.45) is 0 Å². The van der Waals surface area contributed by atoms with E-state index in [1.807, 2.05) is 0 Å². The smallest absolute Gasteiger partial charge is 0.122 e. The van der Waals surface area contributed by atoms with Crippen LogP contribution in [0.1, 0.15) is 51.7 Å². The molecular weight excluding hydrogens is 196 g/mol. The van der Waals surface area contributed by atoms with Gasteiger partial charge in [0.15, 0.2) is 0 Å². The lowest BCUT2D eigenvalue weighted by atomic mass is 9.86. The lowest BCUT2D eigenvalue weighted by Crippen LogP contribution is -2.12. The molecule has 0 aliphatic heterocycles. The van der Waals surface area contributed by atoms with Crippen molar-refractivity contribution in [3.63, 3.8) is 0 Å². The Morgan fingerprint density at radius 1 is 1.25 bits per heavy atom. The molecule has 0 saturated heterocycles. The van der Waals surface area contributed by atoms with E-state index in [4.69, 9.17) is 4.74 Å². The molecule has 1 aliphatic rings. The molecule has 0 unspecified atom stereocenters. The number of benzene rings is 1. The van der Waals surface area contributed by atoms with Gasteiger partial charge in [-0.15, -0.1) is 0 Å². The van der Waals surface area contributed by atoms with Gasteiger partial charge < -0.3 is 4.74 Å². The second-order valence-electron chi connectivity index (χ2n) is 5.74. The molecule has 88 valence electrons. The largest absolute Gasteiger partial charge is 0.490 e. The van der Waals surface area contributed by atoms with Gasteiger partial charge >= 0.3 is 0 Å². The zero-order chi connectivity index (χ0) is 11.8. The van der Waals surface area contributed by atoms with Crippen molar-refractivity contribution in [1.82, 2.24) is 0 Å². The van der Waals surface area contributed by atoms with Gasteiger partial charge in [0.2, 0.25) is 0 Å². The zero-order valence-corrected chi connectivity index (χ0v) is 10.8. The maximum Gasteiger partial charge on any atom is 0.122 e. The Morgan fingerprint density at radius 3 is 2.44 bits per heavy atom. The molecule has 16 heavy (non-hydrogen) atoms. The zero-order valence-electron chi connectivity index (χ0n) is 10.8. The molecule has 1 saturated carbocycles. The summed E-state index contributed by atoms with van der Waals surface area (Å²) in [5.74, 6) is 1.10. The second kappa shape index (κ2) is 4.12. The van der Waals surface area contributed by atoms with Crippen molar-refractivity contribution < 1.29 is 4.74 Å². The van der Waals surface area contributed by atoms with Crippen LogP contribution in [0.25, 0.3) is 0 Å². The lowest BCUT2D eigenvalue weighted by Gasteiger charge is -2.21. The third kappa shape index (κ3) is 2.58. The van der Waals surface area contributed by atoms with E-state index in [0.717, 1.165) is 12.2 Å². The first kappa shape index (κ1) is 11.5. The predicted molar refractivity (Wildman–Crippen MR) is 68.2 cm³/mol. The quantitative estimate of drug-likeness (QED) is 0.742. The van der Waals surface area contributed by atoms with Gasteiger partial charge in [-0.1, -0.05) is 39.8 Å². The number of hydrogen-bond donors (Lipinski definition) is 0. The Kier molecular flexibility index (Phi) is 2.96. The molecule has 1 aromatic carbocycles. The maximum absolute atomic E-state index is 5.91. The van der Waals surface area contributed by atoms with Crippen molar-refractivity contribution in [2.75, 3.05) is 0 Å². The molecule has 0 spiro atoms. The summed E-state index contributed by atoms with van der Waals surface area (Å²) >= 11 is 0. The molecule has 0 bridgehead atoms. The minimum Gasteiger partial charge on any atom is -0.490 e. The Hall–Kier alpha value is -0.980. The average Bonchev–Trinajstić information content (AvgIpc) is 3.00. The molecule has 1 aliphatic carbocycles. The normalized spacial score (nSPS) is 16.2. The summed E-state index contributed by atoms with van der Waals surface area (Å²) in [7, 11) is 0. The van der Waals surface area contributed by atoms with Crippen LogP contribution in [0.3, 0.4) is 0 Å². The molecular formula is C15H22O. The van der Waals surface area contributed by atoms with Gasteiger partial charge in [0.05, 0.1) is 6.10 Å². The Morgan fingerprint density at radius 2 is 1.94 bits per heavy atom. The lowest BCUT2D eigenvalue weighted by molar-refractivity contribution is 0.300. The minimum absolute atomic E-state index is 0.224. The van der Waals surface area contributed by atoms with Crippen LogP contribution in [0.5, 0.6) is 5.75 Å². The first-order valence-electron chi connectivity index (χ1n) is 6.31. The SMILES string of the molecule is CCc1cc(C(C)(C)C)ccc1OC1CC1. The number of ether oxygens (including phenoxy) is 1. The van der Waals surface area contributed by atoms with Crippen LogP contribution in [-0.2, 0) is 11.8 Å². The number of rotatable bonds is 3. The molecule has 0 atom stereocenters. The molecule has 1 heteroatoms. The highest BCUT2D eigenvalue weighted by molar-refractivity contribution is 5.40. The molecule has 1 aromatic rings. The van der Waals surface area contributed by atoms with Crippen LogP contribution >= 0.6 is 0 Å². The third-order valence-corrected chi connectivity index (χ3v) is 3.13. The van der Waals surface area contributed by atoms with Gasteiger partial charge in [0, 0.05) is 0 Å². The van der Waals surface area contributed by atoms with Crippen molar-refractivity contribution in [2.45, 2.75) is 58.5 Å². The first-order valence-corrected chi connectivity index (χ1v) is 6.31. The summed E-state index contributed by atoms with van der Waals surface area (Å²) in [6.45, 7) is 8.96. The number of aryl methyl sites for hydroxylation is 1. The van der Waals surface area contributed by atoms with Gasteiger partial charge in [-0.3, -0.25) is 0 Å². The average molecular weight is 218 g/mol. The molecule has 2 rings (SSSR count). The predicted octanol–water partition coefficient (Wildman–Crippen LogP) is 4.09. The van der Waals surface area contributed by atoms with Crippen LogP contribution in [0.15, 0.2) is 18.2 Å². The van der Waals surface area contributed by atoms with Gasteiger partial charge in [0.1, 0.15) is 5.75 Å². The molecule has 1 nitrogen and oxygen atoms in total. The van der Waals surface area contributed by atoms with E-state index in [-0.39, 0.29) is 5.41 Å². The second-order valence-corrected chi connectivity index (χ2v) is 5.74. The first-order chi connectivity index (χ1) is 7.50. The Bertz CT molecular complexity index is 370. The van der Waals surface area contributed by atoms with Crippen LogP contribution in [-0.4, -0.2) is 6.10 Å². The molecule has 0 heterocycles. The van der Waals surface area contributed by atoms with E-state index >= 15 is 0 Å². The van der Waals surface area contributed by atoms with Crippen LogP contribution in [0.4, 0.5) is 0 Å². The fraction of sp³-hybridized carbons (Fsp3) is 0.600. The Balaban J connectivity index is 2.26. The molecule has 1 fully saturated rings. The summed E-state index contributed by atoms with van der Waals surface area (Å²) in [6.07, 6.45) is 3.99. The summed E-state index contributed by atoms with van der Waals surface area (Å²) in [6, 6.07) is 6.66. The molecule has 0 N–H and O–H groups in total. The van der Waals surface area contributed by atoms with E-state index in [2.05, 4.69) is 45.9 Å². The van der Waals surface area contributed by atoms with Gasteiger partial charge in [-0.2, -0.15) is 0 Å². The molecule has 0 amide bonds. The van der Waals surface area contributed by atoms with E-state index < -0.39 is 0 Å². The third-order valence-electron chi connectivity index (χ3n) is 3.13. The van der Waals surface area contributed by atoms with E-state index in [1.54, 1.807) is 0 Å².